The largest absolute Gasteiger partial charge is 0.357 e. The molecule has 136 valence electrons. The van der Waals surface area contributed by atoms with Crippen LogP contribution in [0.4, 0.5) is 5.13 Å². The Morgan fingerprint density at radius 2 is 2.04 bits per heavy atom. The van der Waals surface area contributed by atoms with Crippen LogP contribution in [0.3, 0.4) is 0 Å². The highest BCUT2D eigenvalue weighted by molar-refractivity contribution is 7.85. The number of benzene rings is 1. The molecule has 0 saturated heterocycles. The van der Waals surface area contributed by atoms with Crippen molar-refractivity contribution in [2.75, 3.05) is 37.8 Å². The van der Waals surface area contributed by atoms with Gasteiger partial charge in [0, 0.05) is 43.2 Å². The number of thiazole rings is 1. The van der Waals surface area contributed by atoms with Crippen molar-refractivity contribution >= 4 is 33.2 Å². The lowest BCUT2D eigenvalue weighted by molar-refractivity contribution is 0.681. The summed E-state index contributed by atoms with van der Waals surface area (Å²) in [6, 6.07) is 9.51. The molecule has 1 heterocycles. The van der Waals surface area contributed by atoms with Gasteiger partial charge < -0.3 is 15.5 Å². The average Bonchev–Trinajstić information content (AvgIpc) is 3.09. The van der Waals surface area contributed by atoms with E-state index in [-0.39, 0.29) is 0 Å². The third-order valence-electron chi connectivity index (χ3n) is 3.25. The van der Waals surface area contributed by atoms with Gasteiger partial charge in [-0.2, -0.15) is 0 Å². The third-order valence-corrected chi connectivity index (χ3v) is 5.68. The SMILES string of the molecule is CCNC(=NCc1csc(N(C)C)n1)NCCS(=O)c1ccccc1. The molecule has 0 amide bonds. The average molecular weight is 380 g/mol. The number of hydrogen-bond acceptors (Lipinski definition) is 5. The van der Waals surface area contributed by atoms with E-state index in [1.807, 2.05) is 61.6 Å². The van der Waals surface area contributed by atoms with Crippen LogP contribution in [0.25, 0.3) is 0 Å². The molecule has 1 atom stereocenters. The van der Waals surface area contributed by atoms with Crippen molar-refractivity contribution < 1.29 is 4.21 Å². The molecule has 1 unspecified atom stereocenters. The number of guanidine groups is 1. The zero-order chi connectivity index (χ0) is 18.1. The van der Waals surface area contributed by atoms with Crippen molar-refractivity contribution in [2.24, 2.45) is 4.99 Å². The van der Waals surface area contributed by atoms with Crippen LogP contribution in [0.2, 0.25) is 0 Å². The molecule has 0 aliphatic carbocycles. The molecule has 1 aromatic heterocycles. The van der Waals surface area contributed by atoms with Crippen LogP contribution >= 0.6 is 11.3 Å². The van der Waals surface area contributed by atoms with Crippen LogP contribution in [-0.2, 0) is 17.3 Å². The maximum atomic E-state index is 12.2. The second kappa shape index (κ2) is 10.1. The highest BCUT2D eigenvalue weighted by Crippen LogP contribution is 2.18. The molecule has 0 bridgehead atoms. The Hall–Kier alpha value is -1.93. The lowest BCUT2D eigenvalue weighted by Crippen LogP contribution is -2.39. The zero-order valence-corrected chi connectivity index (χ0v) is 16.5. The maximum Gasteiger partial charge on any atom is 0.191 e. The molecule has 0 radical (unpaired) electrons. The van der Waals surface area contributed by atoms with Gasteiger partial charge in [0.2, 0.25) is 0 Å². The highest BCUT2D eigenvalue weighted by Gasteiger charge is 2.05. The first-order valence-corrected chi connectivity index (χ1v) is 10.4. The molecule has 0 aliphatic heterocycles. The quantitative estimate of drug-likeness (QED) is 0.543. The van der Waals surface area contributed by atoms with Crippen molar-refractivity contribution in [3.05, 3.63) is 41.4 Å². The number of aliphatic imine (C=N–C) groups is 1. The minimum absolute atomic E-state index is 0.515. The summed E-state index contributed by atoms with van der Waals surface area (Å²) in [4.78, 5) is 11.9. The van der Waals surface area contributed by atoms with Crippen LogP contribution in [0.1, 0.15) is 12.6 Å². The van der Waals surface area contributed by atoms with Crippen LogP contribution in [0.15, 0.2) is 45.6 Å². The van der Waals surface area contributed by atoms with Gasteiger partial charge in [-0.05, 0) is 19.1 Å². The Balaban J connectivity index is 1.85. The number of hydrogen-bond donors (Lipinski definition) is 2. The molecular weight excluding hydrogens is 354 g/mol. The fourth-order valence-corrected chi connectivity index (χ4v) is 3.76. The Bertz CT molecular complexity index is 700. The van der Waals surface area contributed by atoms with E-state index in [0.29, 0.717) is 24.8 Å². The molecule has 25 heavy (non-hydrogen) atoms. The number of nitrogens with zero attached hydrogens (tertiary/aromatic N) is 3. The molecule has 0 spiro atoms. The summed E-state index contributed by atoms with van der Waals surface area (Å²) in [5.41, 5.74) is 0.943. The molecule has 2 N–H and O–H groups in total. The fourth-order valence-electron chi connectivity index (χ4n) is 2.03. The smallest absolute Gasteiger partial charge is 0.191 e. The number of rotatable bonds is 8. The minimum atomic E-state index is -1.01. The van der Waals surface area contributed by atoms with Crippen LogP contribution in [-0.4, -0.2) is 48.1 Å². The van der Waals surface area contributed by atoms with E-state index in [4.69, 9.17) is 0 Å². The van der Waals surface area contributed by atoms with Gasteiger partial charge in [-0.1, -0.05) is 18.2 Å². The molecule has 0 saturated carbocycles. The summed E-state index contributed by atoms with van der Waals surface area (Å²) in [5, 5.41) is 9.43. The number of aromatic nitrogens is 1. The zero-order valence-electron chi connectivity index (χ0n) is 14.9. The van der Waals surface area contributed by atoms with Gasteiger partial charge in [0.15, 0.2) is 11.1 Å². The van der Waals surface area contributed by atoms with Gasteiger partial charge >= 0.3 is 0 Å². The topological polar surface area (TPSA) is 69.6 Å². The van der Waals surface area contributed by atoms with Gasteiger partial charge in [-0.25, -0.2) is 9.98 Å². The Labute approximate surface area is 155 Å². The molecule has 8 heteroatoms. The van der Waals surface area contributed by atoms with Gasteiger partial charge in [-0.3, -0.25) is 4.21 Å². The van der Waals surface area contributed by atoms with Gasteiger partial charge in [0.25, 0.3) is 0 Å². The Morgan fingerprint density at radius 3 is 2.68 bits per heavy atom. The summed E-state index contributed by atoms with van der Waals surface area (Å²) < 4.78 is 12.2. The predicted molar refractivity (Wildman–Crippen MR) is 107 cm³/mol. The molecule has 1 aromatic carbocycles. The molecule has 2 rings (SSSR count). The maximum absolute atomic E-state index is 12.2. The molecule has 6 nitrogen and oxygen atoms in total. The summed E-state index contributed by atoms with van der Waals surface area (Å²) in [6.45, 7) is 3.90. The van der Waals surface area contributed by atoms with Crippen molar-refractivity contribution in [1.29, 1.82) is 0 Å². The van der Waals surface area contributed by atoms with Crippen LogP contribution in [0, 0.1) is 0 Å². The fraction of sp³-hybridized carbons (Fsp3) is 0.412. The second-order valence-corrected chi connectivity index (χ2v) is 7.91. The highest BCUT2D eigenvalue weighted by atomic mass is 32.2. The molecule has 0 fully saturated rings. The summed E-state index contributed by atoms with van der Waals surface area (Å²) in [7, 11) is 2.95. The number of anilines is 1. The van der Waals surface area contributed by atoms with Crippen molar-refractivity contribution in [1.82, 2.24) is 15.6 Å². The van der Waals surface area contributed by atoms with Gasteiger partial charge in [-0.15, -0.1) is 11.3 Å². The van der Waals surface area contributed by atoms with E-state index in [1.165, 1.54) is 0 Å². The van der Waals surface area contributed by atoms with E-state index in [9.17, 15) is 4.21 Å². The lowest BCUT2D eigenvalue weighted by Gasteiger charge is -2.11. The molecule has 0 aliphatic rings. The van der Waals surface area contributed by atoms with E-state index in [0.717, 1.165) is 22.3 Å². The summed E-state index contributed by atoms with van der Waals surface area (Å²) in [6.07, 6.45) is 0. The molecule has 2 aromatic rings. The van der Waals surface area contributed by atoms with Gasteiger partial charge in [0.05, 0.1) is 23.0 Å². The Kier molecular flexibility index (Phi) is 7.87. The second-order valence-electron chi connectivity index (χ2n) is 5.50. The first-order chi connectivity index (χ1) is 12.1. The van der Waals surface area contributed by atoms with Gasteiger partial charge in [0.1, 0.15) is 0 Å². The standard InChI is InChI=1S/C17H25N5OS2/c1-4-18-16(20-12-14-13-24-17(21-14)22(2)3)19-10-11-25(23)15-8-6-5-7-9-15/h5-9,13H,4,10-12H2,1-3H3,(H2,18,19,20). The minimum Gasteiger partial charge on any atom is -0.357 e. The van der Waals surface area contributed by atoms with E-state index in [1.54, 1.807) is 11.3 Å². The van der Waals surface area contributed by atoms with Crippen molar-refractivity contribution in [2.45, 2.75) is 18.4 Å². The monoisotopic (exact) mass is 379 g/mol. The first-order valence-electron chi connectivity index (χ1n) is 8.17. The number of nitrogens with one attached hydrogen (secondary N) is 2. The van der Waals surface area contributed by atoms with E-state index in [2.05, 4.69) is 20.6 Å². The van der Waals surface area contributed by atoms with Crippen LogP contribution < -0.4 is 15.5 Å². The lowest BCUT2D eigenvalue weighted by atomic mass is 10.4. The molecular formula is C17H25N5OS2. The van der Waals surface area contributed by atoms with Crippen LogP contribution in [0.5, 0.6) is 0 Å². The van der Waals surface area contributed by atoms with E-state index < -0.39 is 10.8 Å². The predicted octanol–water partition coefficient (Wildman–Crippen LogP) is 2.07. The Morgan fingerprint density at radius 1 is 1.28 bits per heavy atom. The van der Waals surface area contributed by atoms with Crippen molar-refractivity contribution in [3.8, 4) is 0 Å². The first kappa shape index (κ1) is 19.4. The van der Waals surface area contributed by atoms with E-state index >= 15 is 0 Å². The normalized spacial score (nSPS) is 12.7. The van der Waals surface area contributed by atoms with Crippen molar-refractivity contribution in [3.63, 3.8) is 0 Å². The third kappa shape index (κ3) is 6.47. The summed E-state index contributed by atoms with van der Waals surface area (Å²) in [5.74, 6) is 1.25. The summed E-state index contributed by atoms with van der Waals surface area (Å²) >= 11 is 1.61.